The van der Waals surface area contributed by atoms with Crippen LogP contribution in [0.15, 0.2) is 54.7 Å². The van der Waals surface area contributed by atoms with Crippen LogP contribution in [0, 0.1) is 13.8 Å². The molecule has 2 heterocycles. The Bertz CT molecular complexity index is 678. The second-order valence-electron chi connectivity index (χ2n) is 4.71. The highest BCUT2D eigenvalue weighted by Gasteiger charge is 2.03. The normalized spacial score (nSPS) is 10.6. The fourth-order valence-electron chi connectivity index (χ4n) is 2.02. The van der Waals surface area contributed by atoms with Gasteiger partial charge in [0.1, 0.15) is 0 Å². The van der Waals surface area contributed by atoms with Gasteiger partial charge in [0.2, 0.25) is 0 Å². The van der Waals surface area contributed by atoms with Crippen molar-refractivity contribution in [1.29, 1.82) is 0 Å². The van der Waals surface area contributed by atoms with Crippen LogP contribution in [0.4, 0.5) is 0 Å². The molecular weight excluding hydrogens is 250 g/mol. The molecule has 3 rings (SSSR count). The highest BCUT2D eigenvalue weighted by molar-refractivity contribution is 7.15. The first kappa shape index (κ1) is 12.1. The van der Waals surface area contributed by atoms with Gasteiger partial charge in [-0.15, -0.1) is 11.3 Å². The predicted molar refractivity (Wildman–Crippen MR) is 82.5 cm³/mol. The molecule has 94 valence electrons. The lowest BCUT2D eigenvalue weighted by molar-refractivity contribution is 1.32. The van der Waals surface area contributed by atoms with E-state index in [1.165, 1.54) is 26.4 Å². The van der Waals surface area contributed by atoms with Gasteiger partial charge in [-0.1, -0.05) is 29.8 Å². The number of aryl methyl sites for hydroxylation is 2. The van der Waals surface area contributed by atoms with E-state index in [1.54, 1.807) is 11.3 Å². The summed E-state index contributed by atoms with van der Waals surface area (Å²) < 4.78 is 0. The number of hydrogen-bond donors (Lipinski definition) is 0. The molecule has 3 aromatic rings. The molecule has 0 radical (unpaired) electrons. The van der Waals surface area contributed by atoms with Crippen LogP contribution in [-0.4, -0.2) is 4.98 Å². The Balaban J connectivity index is 1.92. The highest BCUT2D eigenvalue weighted by Crippen LogP contribution is 2.28. The standard InChI is InChI=1S/C17H15NS/c1-12-3-6-14(7-4-12)16-9-8-15(11-18-16)17-10-5-13(2)19-17/h3-11H,1-2H3. The molecule has 0 atom stereocenters. The summed E-state index contributed by atoms with van der Waals surface area (Å²) in [5.41, 5.74) is 4.65. The van der Waals surface area contributed by atoms with E-state index in [0.717, 1.165) is 5.69 Å². The predicted octanol–water partition coefficient (Wildman–Crippen LogP) is 5.09. The van der Waals surface area contributed by atoms with Crippen LogP contribution in [0.5, 0.6) is 0 Å². The molecule has 0 amide bonds. The second kappa shape index (κ2) is 4.98. The maximum atomic E-state index is 4.57. The van der Waals surface area contributed by atoms with Crippen LogP contribution in [0.1, 0.15) is 10.4 Å². The molecule has 0 aliphatic heterocycles. The summed E-state index contributed by atoms with van der Waals surface area (Å²) in [6, 6.07) is 17.0. The summed E-state index contributed by atoms with van der Waals surface area (Å²) in [6.45, 7) is 4.22. The van der Waals surface area contributed by atoms with Crippen molar-refractivity contribution in [3.63, 3.8) is 0 Å². The molecule has 0 unspecified atom stereocenters. The summed E-state index contributed by atoms with van der Waals surface area (Å²) in [5, 5.41) is 0. The van der Waals surface area contributed by atoms with Gasteiger partial charge in [0, 0.05) is 27.1 Å². The van der Waals surface area contributed by atoms with Crippen LogP contribution in [0.3, 0.4) is 0 Å². The smallest absolute Gasteiger partial charge is 0.0702 e. The minimum absolute atomic E-state index is 1.03. The molecular formula is C17H15NS. The van der Waals surface area contributed by atoms with Crippen molar-refractivity contribution in [2.45, 2.75) is 13.8 Å². The average Bonchev–Trinajstić information content (AvgIpc) is 2.87. The first-order chi connectivity index (χ1) is 9.22. The van der Waals surface area contributed by atoms with E-state index in [9.17, 15) is 0 Å². The lowest BCUT2D eigenvalue weighted by atomic mass is 10.1. The van der Waals surface area contributed by atoms with Crippen molar-refractivity contribution in [1.82, 2.24) is 4.98 Å². The number of benzene rings is 1. The van der Waals surface area contributed by atoms with Gasteiger partial charge < -0.3 is 0 Å². The Kier molecular flexibility index (Phi) is 3.18. The van der Waals surface area contributed by atoms with E-state index in [4.69, 9.17) is 0 Å². The molecule has 0 saturated carbocycles. The number of hydrogen-bond acceptors (Lipinski definition) is 2. The Morgan fingerprint density at radius 3 is 2.11 bits per heavy atom. The number of nitrogens with zero attached hydrogens (tertiary/aromatic N) is 1. The van der Waals surface area contributed by atoms with Crippen LogP contribution < -0.4 is 0 Å². The van der Waals surface area contributed by atoms with Crippen molar-refractivity contribution < 1.29 is 0 Å². The zero-order chi connectivity index (χ0) is 13.2. The zero-order valence-electron chi connectivity index (χ0n) is 11.1. The van der Waals surface area contributed by atoms with Gasteiger partial charge in [-0.05, 0) is 38.1 Å². The molecule has 0 fully saturated rings. The Morgan fingerprint density at radius 1 is 0.789 bits per heavy atom. The third-order valence-corrected chi connectivity index (χ3v) is 4.19. The van der Waals surface area contributed by atoms with Crippen LogP contribution >= 0.6 is 11.3 Å². The third kappa shape index (κ3) is 2.59. The van der Waals surface area contributed by atoms with Gasteiger partial charge in [0.05, 0.1) is 5.69 Å². The van der Waals surface area contributed by atoms with E-state index in [-0.39, 0.29) is 0 Å². The van der Waals surface area contributed by atoms with E-state index in [2.05, 4.69) is 67.4 Å². The molecule has 2 aromatic heterocycles. The molecule has 0 aliphatic carbocycles. The minimum atomic E-state index is 1.03. The van der Waals surface area contributed by atoms with Gasteiger partial charge in [0.25, 0.3) is 0 Å². The topological polar surface area (TPSA) is 12.9 Å². The minimum Gasteiger partial charge on any atom is -0.256 e. The molecule has 0 spiro atoms. The Hall–Kier alpha value is -1.93. The fraction of sp³-hybridized carbons (Fsp3) is 0.118. The molecule has 0 saturated heterocycles. The molecule has 19 heavy (non-hydrogen) atoms. The van der Waals surface area contributed by atoms with E-state index in [1.807, 2.05) is 6.20 Å². The molecule has 2 heteroatoms. The number of thiophene rings is 1. The molecule has 0 aliphatic rings. The van der Waals surface area contributed by atoms with Crippen molar-refractivity contribution in [2.24, 2.45) is 0 Å². The van der Waals surface area contributed by atoms with E-state index < -0.39 is 0 Å². The second-order valence-corrected chi connectivity index (χ2v) is 6.00. The van der Waals surface area contributed by atoms with Crippen molar-refractivity contribution in [3.8, 4) is 21.7 Å². The maximum absolute atomic E-state index is 4.57. The average molecular weight is 265 g/mol. The summed E-state index contributed by atoms with van der Waals surface area (Å²) in [4.78, 5) is 7.18. The molecule has 1 aromatic carbocycles. The zero-order valence-corrected chi connectivity index (χ0v) is 11.9. The van der Waals surface area contributed by atoms with E-state index in [0.29, 0.717) is 0 Å². The summed E-state index contributed by atoms with van der Waals surface area (Å²) in [5.74, 6) is 0. The molecule has 0 N–H and O–H groups in total. The van der Waals surface area contributed by atoms with Crippen molar-refractivity contribution >= 4 is 11.3 Å². The largest absolute Gasteiger partial charge is 0.256 e. The summed E-state index contributed by atoms with van der Waals surface area (Å²) in [6.07, 6.45) is 1.96. The van der Waals surface area contributed by atoms with Gasteiger partial charge in [-0.2, -0.15) is 0 Å². The SMILES string of the molecule is Cc1ccc(-c2ccc(-c3ccc(C)s3)cn2)cc1. The molecule has 1 nitrogen and oxygen atoms in total. The third-order valence-electron chi connectivity index (χ3n) is 3.14. The van der Waals surface area contributed by atoms with Gasteiger partial charge in [-0.25, -0.2) is 0 Å². The van der Waals surface area contributed by atoms with Crippen LogP contribution in [-0.2, 0) is 0 Å². The monoisotopic (exact) mass is 265 g/mol. The Morgan fingerprint density at radius 2 is 1.53 bits per heavy atom. The fourth-order valence-corrected chi connectivity index (χ4v) is 2.88. The quantitative estimate of drug-likeness (QED) is 0.628. The summed E-state index contributed by atoms with van der Waals surface area (Å²) >= 11 is 1.80. The first-order valence-electron chi connectivity index (χ1n) is 6.32. The highest BCUT2D eigenvalue weighted by atomic mass is 32.1. The maximum Gasteiger partial charge on any atom is 0.0702 e. The van der Waals surface area contributed by atoms with Gasteiger partial charge >= 0.3 is 0 Å². The first-order valence-corrected chi connectivity index (χ1v) is 7.14. The van der Waals surface area contributed by atoms with Crippen molar-refractivity contribution in [3.05, 3.63) is 65.2 Å². The lowest BCUT2D eigenvalue weighted by Gasteiger charge is -2.03. The van der Waals surface area contributed by atoms with Gasteiger partial charge in [0.15, 0.2) is 0 Å². The number of rotatable bonds is 2. The Labute approximate surface area is 117 Å². The van der Waals surface area contributed by atoms with Crippen molar-refractivity contribution in [2.75, 3.05) is 0 Å². The van der Waals surface area contributed by atoms with E-state index >= 15 is 0 Å². The van der Waals surface area contributed by atoms with Crippen LogP contribution in [0.25, 0.3) is 21.7 Å². The molecule has 0 bridgehead atoms. The lowest BCUT2D eigenvalue weighted by Crippen LogP contribution is -1.84. The number of aromatic nitrogens is 1. The number of pyridine rings is 1. The van der Waals surface area contributed by atoms with Crippen LogP contribution in [0.2, 0.25) is 0 Å². The van der Waals surface area contributed by atoms with Gasteiger partial charge in [-0.3, -0.25) is 4.98 Å². The summed E-state index contributed by atoms with van der Waals surface area (Å²) in [7, 11) is 0.